The Morgan fingerprint density at radius 2 is 1.96 bits per heavy atom. The van der Waals surface area contributed by atoms with Crippen LogP contribution in [0, 0.1) is 0 Å². The molecule has 0 spiro atoms. The van der Waals surface area contributed by atoms with Gasteiger partial charge in [0.05, 0.1) is 12.1 Å². The molecular weight excluding hydrogens is 292 g/mol. The van der Waals surface area contributed by atoms with E-state index in [1.807, 2.05) is 18.2 Å². The summed E-state index contributed by atoms with van der Waals surface area (Å²) in [6, 6.07) is 8.01. The molecule has 1 aliphatic rings. The van der Waals surface area contributed by atoms with Gasteiger partial charge in [-0.3, -0.25) is 4.79 Å². The van der Waals surface area contributed by atoms with E-state index < -0.39 is 5.54 Å². The number of hydrogen-bond acceptors (Lipinski definition) is 4. The molecule has 1 fully saturated rings. The van der Waals surface area contributed by atoms with Gasteiger partial charge < -0.3 is 20.5 Å². The fourth-order valence-electron chi connectivity index (χ4n) is 2.68. The van der Waals surface area contributed by atoms with Gasteiger partial charge in [-0.15, -0.1) is 0 Å². The lowest BCUT2D eigenvalue weighted by molar-refractivity contribution is -0.129. The van der Waals surface area contributed by atoms with Crippen LogP contribution in [0.3, 0.4) is 0 Å². The predicted octanol–water partition coefficient (Wildman–Crippen LogP) is 1.99. The zero-order valence-electron chi connectivity index (χ0n) is 14.4. The van der Waals surface area contributed by atoms with Gasteiger partial charge in [0, 0.05) is 13.2 Å². The van der Waals surface area contributed by atoms with Crippen LogP contribution in [0.25, 0.3) is 0 Å². The van der Waals surface area contributed by atoms with Gasteiger partial charge in [-0.05, 0) is 29.9 Å². The maximum absolute atomic E-state index is 12.2. The fraction of sp³-hybridized carbons (Fsp3) is 0.611. The van der Waals surface area contributed by atoms with Crippen molar-refractivity contribution in [2.75, 3.05) is 26.4 Å². The van der Waals surface area contributed by atoms with Crippen LogP contribution in [0.5, 0.6) is 5.75 Å². The summed E-state index contributed by atoms with van der Waals surface area (Å²) >= 11 is 0. The molecule has 0 unspecified atom stereocenters. The molecule has 0 radical (unpaired) electrons. The van der Waals surface area contributed by atoms with Crippen LogP contribution in [0.15, 0.2) is 24.3 Å². The fourth-order valence-corrected chi connectivity index (χ4v) is 2.68. The van der Waals surface area contributed by atoms with Crippen molar-refractivity contribution in [1.29, 1.82) is 0 Å². The van der Waals surface area contributed by atoms with Gasteiger partial charge in [0.1, 0.15) is 12.4 Å². The molecule has 3 N–H and O–H groups in total. The summed E-state index contributed by atoms with van der Waals surface area (Å²) in [5.74, 6) is 0.747. The quantitative estimate of drug-likeness (QED) is 0.814. The highest BCUT2D eigenvalue weighted by Gasteiger charge is 2.35. The first-order chi connectivity index (χ1) is 10.8. The van der Waals surface area contributed by atoms with Crippen LogP contribution in [0.4, 0.5) is 0 Å². The summed E-state index contributed by atoms with van der Waals surface area (Å²) in [5, 5.41) is 2.88. The third kappa shape index (κ3) is 4.69. The summed E-state index contributed by atoms with van der Waals surface area (Å²) in [5.41, 5.74) is 6.52. The highest BCUT2D eigenvalue weighted by molar-refractivity contribution is 5.86. The summed E-state index contributed by atoms with van der Waals surface area (Å²) < 4.78 is 11.1. The van der Waals surface area contributed by atoms with E-state index in [1.54, 1.807) is 0 Å². The second-order valence-corrected chi connectivity index (χ2v) is 7.12. The third-order valence-electron chi connectivity index (χ3n) is 4.18. The van der Waals surface area contributed by atoms with Crippen molar-refractivity contribution < 1.29 is 14.3 Å². The Hall–Kier alpha value is -1.59. The second-order valence-electron chi connectivity index (χ2n) is 7.12. The zero-order chi connectivity index (χ0) is 16.9. The molecule has 5 heteroatoms. The highest BCUT2D eigenvalue weighted by Crippen LogP contribution is 2.30. The minimum Gasteiger partial charge on any atom is -0.491 e. The number of rotatable bonds is 5. The smallest absolute Gasteiger partial charge is 0.240 e. The molecule has 128 valence electrons. The lowest BCUT2D eigenvalue weighted by atomic mass is 9.86. The molecule has 1 heterocycles. The topological polar surface area (TPSA) is 73.6 Å². The van der Waals surface area contributed by atoms with E-state index >= 15 is 0 Å². The van der Waals surface area contributed by atoms with Crippen molar-refractivity contribution in [2.45, 2.75) is 44.6 Å². The van der Waals surface area contributed by atoms with Crippen LogP contribution in [0.2, 0.25) is 0 Å². The molecule has 5 nitrogen and oxygen atoms in total. The van der Waals surface area contributed by atoms with E-state index in [1.165, 1.54) is 0 Å². The van der Waals surface area contributed by atoms with Crippen molar-refractivity contribution in [1.82, 2.24) is 5.32 Å². The van der Waals surface area contributed by atoms with Crippen LogP contribution in [-0.2, 0) is 14.9 Å². The van der Waals surface area contributed by atoms with E-state index in [0.717, 1.165) is 11.3 Å². The standard InChI is InChI=1S/C18H28N2O3/c1-17(2,3)14-6-4-5-7-15(14)23-13-10-20-16(21)18(19)8-11-22-12-9-18/h4-7H,8-13,19H2,1-3H3,(H,20,21). The SMILES string of the molecule is CC(C)(C)c1ccccc1OCCNC(=O)C1(N)CCOCC1. The average molecular weight is 320 g/mol. The Morgan fingerprint density at radius 3 is 2.61 bits per heavy atom. The van der Waals surface area contributed by atoms with Crippen LogP contribution >= 0.6 is 0 Å². The molecular formula is C18H28N2O3. The monoisotopic (exact) mass is 320 g/mol. The number of nitrogens with two attached hydrogens (primary N) is 1. The molecule has 23 heavy (non-hydrogen) atoms. The molecule has 0 aromatic heterocycles. The van der Waals surface area contributed by atoms with Crippen LogP contribution < -0.4 is 15.8 Å². The van der Waals surface area contributed by atoms with E-state index in [2.05, 4.69) is 32.2 Å². The lowest BCUT2D eigenvalue weighted by Crippen LogP contribution is -2.57. The van der Waals surface area contributed by atoms with E-state index in [-0.39, 0.29) is 11.3 Å². The van der Waals surface area contributed by atoms with E-state index in [0.29, 0.717) is 39.2 Å². The van der Waals surface area contributed by atoms with Crippen LogP contribution in [0.1, 0.15) is 39.2 Å². The minimum atomic E-state index is -0.804. The molecule has 1 amide bonds. The largest absolute Gasteiger partial charge is 0.491 e. The van der Waals surface area contributed by atoms with Crippen molar-refractivity contribution in [3.05, 3.63) is 29.8 Å². The average Bonchev–Trinajstić information content (AvgIpc) is 2.51. The number of amides is 1. The summed E-state index contributed by atoms with van der Waals surface area (Å²) in [6.07, 6.45) is 1.12. The van der Waals surface area contributed by atoms with Gasteiger partial charge >= 0.3 is 0 Å². The Kier molecular flexibility index (Phi) is 5.65. The lowest BCUT2D eigenvalue weighted by Gasteiger charge is -2.31. The number of benzene rings is 1. The molecule has 2 rings (SSSR count). The first-order valence-corrected chi connectivity index (χ1v) is 8.20. The van der Waals surface area contributed by atoms with Gasteiger partial charge in [0.2, 0.25) is 5.91 Å². The number of nitrogens with one attached hydrogen (secondary N) is 1. The maximum Gasteiger partial charge on any atom is 0.240 e. The van der Waals surface area contributed by atoms with Crippen molar-refractivity contribution >= 4 is 5.91 Å². The molecule has 0 atom stereocenters. The van der Waals surface area contributed by atoms with Crippen molar-refractivity contribution in [3.63, 3.8) is 0 Å². The van der Waals surface area contributed by atoms with Gasteiger partial charge in [0.15, 0.2) is 0 Å². The number of carbonyl (C=O) groups is 1. The van der Waals surface area contributed by atoms with E-state index in [4.69, 9.17) is 15.2 Å². The maximum atomic E-state index is 12.2. The number of hydrogen-bond donors (Lipinski definition) is 2. The van der Waals surface area contributed by atoms with E-state index in [9.17, 15) is 4.79 Å². The minimum absolute atomic E-state index is 0.0171. The Balaban J connectivity index is 1.83. The Morgan fingerprint density at radius 1 is 1.30 bits per heavy atom. The molecule has 0 saturated carbocycles. The highest BCUT2D eigenvalue weighted by atomic mass is 16.5. The molecule has 1 aromatic carbocycles. The third-order valence-corrected chi connectivity index (χ3v) is 4.18. The summed E-state index contributed by atoms with van der Waals surface area (Å²) in [4.78, 5) is 12.2. The number of carbonyl (C=O) groups excluding carboxylic acids is 1. The molecule has 1 aromatic rings. The van der Waals surface area contributed by atoms with Gasteiger partial charge in [0.25, 0.3) is 0 Å². The Bertz CT molecular complexity index is 531. The molecule has 1 saturated heterocycles. The first-order valence-electron chi connectivity index (χ1n) is 8.20. The summed E-state index contributed by atoms with van der Waals surface area (Å²) in [7, 11) is 0. The van der Waals surface area contributed by atoms with Crippen molar-refractivity contribution in [3.8, 4) is 5.75 Å². The molecule has 0 bridgehead atoms. The van der Waals surface area contributed by atoms with Gasteiger partial charge in [-0.2, -0.15) is 0 Å². The van der Waals surface area contributed by atoms with Gasteiger partial charge in [-0.1, -0.05) is 39.0 Å². The predicted molar refractivity (Wildman–Crippen MR) is 90.6 cm³/mol. The Labute approximate surface area is 138 Å². The van der Waals surface area contributed by atoms with Crippen molar-refractivity contribution in [2.24, 2.45) is 5.73 Å². The number of para-hydroxylation sites is 1. The first kappa shape index (κ1) is 17.8. The normalized spacial score (nSPS) is 17.6. The zero-order valence-corrected chi connectivity index (χ0v) is 14.4. The number of ether oxygens (including phenoxy) is 2. The molecule has 0 aliphatic carbocycles. The second kappa shape index (κ2) is 7.32. The van der Waals surface area contributed by atoms with Crippen LogP contribution in [-0.4, -0.2) is 37.8 Å². The summed E-state index contributed by atoms with van der Waals surface area (Å²) in [6.45, 7) is 8.40. The van der Waals surface area contributed by atoms with Gasteiger partial charge in [-0.25, -0.2) is 0 Å². The molecule has 1 aliphatic heterocycles.